The summed E-state index contributed by atoms with van der Waals surface area (Å²) in [6.07, 6.45) is 4.00. The summed E-state index contributed by atoms with van der Waals surface area (Å²) in [6, 6.07) is 11.1. The fourth-order valence-electron chi connectivity index (χ4n) is 2.64. The van der Waals surface area contributed by atoms with Crippen molar-refractivity contribution in [3.8, 4) is 0 Å². The summed E-state index contributed by atoms with van der Waals surface area (Å²) in [5.41, 5.74) is 0.426. The van der Waals surface area contributed by atoms with Crippen molar-refractivity contribution >= 4 is 37.6 Å². The molecule has 0 aliphatic heterocycles. The number of pyridine rings is 1. The quantitative estimate of drug-likeness (QED) is 0.792. The molecule has 116 valence electrons. The highest BCUT2D eigenvalue weighted by atomic mass is 79.9. The van der Waals surface area contributed by atoms with Gasteiger partial charge in [-0.3, -0.25) is 0 Å². The lowest BCUT2D eigenvalue weighted by Gasteiger charge is -2.42. The van der Waals surface area contributed by atoms with Crippen LogP contribution in [0.2, 0.25) is 5.15 Å². The van der Waals surface area contributed by atoms with Gasteiger partial charge in [0, 0.05) is 10.7 Å². The van der Waals surface area contributed by atoms with Crippen molar-refractivity contribution in [2.45, 2.75) is 29.7 Å². The molecule has 0 spiro atoms. The van der Waals surface area contributed by atoms with Crippen molar-refractivity contribution in [2.75, 3.05) is 0 Å². The average Bonchev–Trinajstić information content (AvgIpc) is 2.46. The average molecular weight is 402 g/mol. The summed E-state index contributed by atoms with van der Waals surface area (Å²) >= 11 is 9.20. The Morgan fingerprint density at radius 2 is 1.91 bits per heavy atom. The van der Waals surface area contributed by atoms with Crippen molar-refractivity contribution in [3.63, 3.8) is 0 Å². The van der Waals surface area contributed by atoms with E-state index < -0.39 is 15.6 Å². The first kappa shape index (κ1) is 15.9. The van der Waals surface area contributed by atoms with Gasteiger partial charge in [0.05, 0.1) is 5.54 Å². The summed E-state index contributed by atoms with van der Waals surface area (Å²) < 4.78 is 28.9. The van der Waals surface area contributed by atoms with E-state index in [0.717, 1.165) is 24.8 Å². The third kappa shape index (κ3) is 2.93. The minimum Gasteiger partial charge on any atom is -0.242 e. The van der Waals surface area contributed by atoms with Gasteiger partial charge in [-0.25, -0.2) is 18.1 Å². The van der Waals surface area contributed by atoms with Gasteiger partial charge in [0.25, 0.3) is 0 Å². The predicted molar refractivity (Wildman–Crippen MR) is 89.2 cm³/mol. The topological polar surface area (TPSA) is 59.1 Å². The number of hydrogen-bond acceptors (Lipinski definition) is 3. The molecular formula is C15H14BrClN2O2S. The van der Waals surface area contributed by atoms with Crippen LogP contribution in [0.4, 0.5) is 0 Å². The normalized spacial score (nSPS) is 17.0. The first-order chi connectivity index (χ1) is 10.4. The highest BCUT2D eigenvalue weighted by Crippen LogP contribution is 2.42. The smallest absolute Gasteiger partial charge is 0.242 e. The second-order valence-corrected chi connectivity index (χ2v) is 8.27. The van der Waals surface area contributed by atoms with Crippen LogP contribution in [0, 0.1) is 0 Å². The standard InChI is InChI=1S/C15H14BrClN2O2S/c16-12-9-13(14(17)18-10-12)22(20,21)19-15(7-4-8-15)11-5-2-1-3-6-11/h1-3,5-6,9-10,19H,4,7-8H2. The van der Waals surface area contributed by atoms with Gasteiger partial charge >= 0.3 is 0 Å². The molecule has 1 aromatic heterocycles. The zero-order valence-electron chi connectivity index (χ0n) is 11.6. The molecule has 1 aliphatic rings. The predicted octanol–water partition coefficient (Wildman–Crippen LogP) is 3.86. The monoisotopic (exact) mass is 400 g/mol. The van der Waals surface area contributed by atoms with Crippen LogP contribution in [0.1, 0.15) is 24.8 Å². The van der Waals surface area contributed by atoms with Crippen LogP contribution in [0.25, 0.3) is 0 Å². The van der Waals surface area contributed by atoms with Crippen LogP contribution in [-0.2, 0) is 15.6 Å². The fraction of sp³-hybridized carbons (Fsp3) is 0.267. The molecule has 0 amide bonds. The number of sulfonamides is 1. The van der Waals surface area contributed by atoms with Gasteiger partial charge in [-0.1, -0.05) is 41.9 Å². The number of nitrogens with one attached hydrogen (secondary N) is 1. The van der Waals surface area contributed by atoms with E-state index in [0.29, 0.717) is 4.47 Å². The Balaban J connectivity index is 1.98. The lowest BCUT2D eigenvalue weighted by Crippen LogP contribution is -2.50. The van der Waals surface area contributed by atoms with Crippen molar-refractivity contribution in [3.05, 3.63) is 57.8 Å². The van der Waals surface area contributed by atoms with E-state index in [1.807, 2.05) is 30.3 Å². The Morgan fingerprint density at radius 1 is 1.23 bits per heavy atom. The van der Waals surface area contributed by atoms with E-state index in [1.54, 1.807) is 0 Å². The maximum absolute atomic E-state index is 12.7. The zero-order chi connectivity index (χ0) is 15.8. The van der Waals surface area contributed by atoms with Crippen LogP contribution in [0.5, 0.6) is 0 Å². The van der Waals surface area contributed by atoms with Gasteiger partial charge in [-0.05, 0) is 46.8 Å². The van der Waals surface area contributed by atoms with Gasteiger partial charge in [0.1, 0.15) is 10.0 Å². The lowest BCUT2D eigenvalue weighted by atomic mass is 9.73. The van der Waals surface area contributed by atoms with Crippen LogP contribution < -0.4 is 4.72 Å². The fourth-order valence-corrected chi connectivity index (χ4v) is 5.04. The summed E-state index contributed by atoms with van der Waals surface area (Å²) in [7, 11) is -3.75. The van der Waals surface area contributed by atoms with E-state index >= 15 is 0 Å². The highest BCUT2D eigenvalue weighted by molar-refractivity contribution is 9.10. The molecule has 1 aromatic carbocycles. The second-order valence-electron chi connectivity index (χ2n) is 5.35. The number of hydrogen-bond donors (Lipinski definition) is 1. The van der Waals surface area contributed by atoms with E-state index in [9.17, 15) is 8.42 Å². The molecule has 4 nitrogen and oxygen atoms in total. The highest BCUT2D eigenvalue weighted by Gasteiger charge is 2.42. The van der Waals surface area contributed by atoms with E-state index in [2.05, 4.69) is 25.6 Å². The van der Waals surface area contributed by atoms with Gasteiger partial charge in [-0.15, -0.1) is 0 Å². The number of rotatable bonds is 4. The minimum absolute atomic E-state index is 0.00857. The molecular weight excluding hydrogens is 388 g/mol. The van der Waals surface area contributed by atoms with Gasteiger partial charge in [-0.2, -0.15) is 0 Å². The molecule has 1 saturated carbocycles. The molecule has 0 radical (unpaired) electrons. The molecule has 1 N–H and O–H groups in total. The summed E-state index contributed by atoms with van der Waals surface area (Å²) in [5, 5.41) is -0.0294. The SMILES string of the molecule is O=S(=O)(NC1(c2ccccc2)CCC1)c1cc(Br)cnc1Cl. The van der Waals surface area contributed by atoms with E-state index in [4.69, 9.17) is 11.6 Å². The molecule has 2 aromatic rings. The molecule has 1 fully saturated rings. The number of aromatic nitrogens is 1. The maximum atomic E-state index is 12.7. The molecule has 0 atom stereocenters. The summed E-state index contributed by atoms with van der Waals surface area (Å²) in [6.45, 7) is 0. The zero-order valence-corrected chi connectivity index (χ0v) is 14.7. The Labute approximate surface area is 143 Å². The Bertz CT molecular complexity index is 792. The van der Waals surface area contributed by atoms with Crippen LogP contribution >= 0.6 is 27.5 Å². The van der Waals surface area contributed by atoms with E-state index in [1.165, 1.54) is 12.3 Å². The molecule has 3 rings (SSSR count). The van der Waals surface area contributed by atoms with Gasteiger partial charge < -0.3 is 0 Å². The second kappa shape index (κ2) is 5.92. The molecule has 0 unspecified atom stereocenters. The first-order valence-electron chi connectivity index (χ1n) is 6.84. The summed E-state index contributed by atoms with van der Waals surface area (Å²) in [4.78, 5) is 3.88. The molecule has 22 heavy (non-hydrogen) atoms. The van der Waals surface area contributed by atoms with Crippen molar-refractivity contribution < 1.29 is 8.42 Å². The van der Waals surface area contributed by atoms with Crippen molar-refractivity contribution in [1.82, 2.24) is 9.71 Å². The number of nitrogens with zero attached hydrogens (tertiary/aromatic N) is 1. The minimum atomic E-state index is -3.75. The Kier molecular flexibility index (Phi) is 4.29. The van der Waals surface area contributed by atoms with Crippen LogP contribution in [0.3, 0.4) is 0 Å². The van der Waals surface area contributed by atoms with E-state index in [-0.39, 0.29) is 10.0 Å². The Hall–Kier alpha value is -0.950. The molecule has 7 heteroatoms. The molecule has 0 saturated heterocycles. The first-order valence-corrected chi connectivity index (χ1v) is 9.49. The van der Waals surface area contributed by atoms with Crippen molar-refractivity contribution in [2.24, 2.45) is 0 Å². The third-order valence-electron chi connectivity index (χ3n) is 3.93. The number of halogens is 2. The largest absolute Gasteiger partial charge is 0.244 e. The van der Waals surface area contributed by atoms with Crippen LogP contribution in [-0.4, -0.2) is 13.4 Å². The maximum Gasteiger partial charge on any atom is 0.244 e. The molecule has 1 heterocycles. The summed E-state index contributed by atoms with van der Waals surface area (Å²) in [5.74, 6) is 0. The third-order valence-corrected chi connectivity index (χ3v) is 6.32. The number of benzene rings is 1. The van der Waals surface area contributed by atoms with Crippen molar-refractivity contribution in [1.29, 1.82) is 0 Å². The lowest BCUT2D eigenvalue weighted by molar-refractivity contribution is 0.224. The van der Waals surface area contributed by atoms with Gasteiger partial charge in [0.2, 0.25) is 10.0 Å². The molecule has 0 bridgehead atoms. The van der Waals surface area contributed by atoms with Crippen LogP contribution in [0.15, 0.2) is 52.0 Å². The Morgan fingerprint density at radius 3 is 2.50 bits per heavy atom. The van der Waals surface area contributed by atoms with Gasteiger partial charge in [0.15, 0.2) is 0 Å². The molecule has 1 aliphatic carbocycles.